The highest BCUT2D eigenvalue weighted by molar-refractivity contribution is 7.98. The zero-order chi connectivity index (χ0) is 14.5. The third-order valence-electron chi connectivity index (χ3n) is 3.00. The lowest BCUT2D eigenvalue weighted by Gasteiger charge is -2.13. The zero-order valence-electron chi connectivity index (χ0n) is 11.9. The van der Waals surface area contributed by atoms with Crippen LogP contribution < -0.4 is 10.2 Å². The van der Waals surface area contributed by atoms with E-state index in [0.717, 1.165) is 16.3 Å². The first-order valence-electron chi connectivity index (χ1n) is 6.33. The van der Waals surface area contributed by atoms with Gasteiger partial charge in [-0.1, -0.05) is 12.1 Å². The molecule has 0 aliphatic rings. The Morgan fingerprint density at radius 1 is 1.05 bits per heavy atom. The van der Waals surface area contributed by atoms with Crippen molar-refractivity contribution in [2.75, 3.05) is 30.6 Å². The summed E-state index contributed by atoms with van der Waals surface area (Å²) in [6.07, 6.45) is 2.00. The summed E-state index contributed by atoms with van der Waals surface area (Å²) in [5, 5.41) is 2.95. The van der Waals surface area contributed by atoms with Crippen molar-refractivity contribution in [1.82, 2.24) is 0 Å². The van der Waals surface area contributed by atoms with Gasteiger partial charge in [0.2, 0.25) is 0 Å². The molecule has 0 aliphatic heterocycles. The molecule has 0 saturated carbocycles. The summed E-state index contributed by atoms with van der Waals surface area (Å²) in [4.78, 5) is 15.3. The van der Waals surface area contributed by atoms with E-state index in [4.69, 9.17) is 0 Å². The molecule has 2 aromatic rings. The van der Waals surface area contributed by atoms with E-state index in [2.05, 4.69) is 5.32 Å². The Labute approximate surface area is 124 Å². The number of nitrogens with zero attached hydrogens (tertiary/aromatic N) is 1. The minimum absolute atomic E-state index is 0.0863. The van der Waals surface area contributed by atoms with Crippen molar-refractivity contribution in [3.05, 3.63) is 54.1 Å². The summed E-state index contributed by atoms with van der Waals surface area (Å²) in [5.41, 5.74) is 2.58. The fourth-order valence-electron chi connectivity index (χ4n) is 1.85. The zero-order valence-corrected chi connectivity index (χ0v) is 12.7. The quantitative estimate of drug-likeness (QED) is 0.869. The summed E-state index contributed by atoms with van der Waals surface area (Å²) in [5.74, 6) is -0.0863. The lowest BCUT2D eigenvalue weighted by Crippen LogP contribution is -2.13. The molecule has 20 heavy (non-hydrogen) atoms. The van der Waals surface area contributed by atoms with Gasteiger partial charge in [0, 0.05) is 30.2 Å². The monoisotopic (exact) mass is 286 g/mol. The third-order valence-corrected chi connectivity index (χ3v) is 3.80. The molecule has 2 aromatic carbocycles. The Hall–Kier alpha value is -1.94. The predicted molar refractivity (Wildman–Crippen MR) is 86.9 cm³/mol. The molecule has 0 heterocycles. The molecule has 1 N–H and O–H groups in total. The number of benzene rings is 2. The number of hydrogen-bond donors (Lipinski definition) is 1. The molecule has 0 bridgehead atoms. The fraction of sp³-hybridized carbons (Fsp3) is 0.188. The molecule has 0 aliphatic carbocycles. The summed E-state index contributed by atoms with van der Waals surface area (Å²) in [6.45, 7) is 0. The number of anilines is 2. The van der Waals surface area contributed by atoms with Gasteiger partial charge in [-0.2, -0.15) is 0 Å². The maximum absolute atomic E-state index is 12.2. The first-order valence-corrected chi connectivity index (χ1v) is 7.56. The highest BCUT2D eigenvalue weighted by atomic mass is 32.2. The topological polar surface area (TPSA) is 32.3 Å². The lowest BCUT2D eigenvalue weighted by molar-refractivity contribution is 0.102. The van der Waals surface area contributed by atoms with Gasteiger partial charge in [0.25, 0.3) is 5.91 Å². The van der Waals surface area contributed by atoms with Crippen LogP contribution in [0.5, 0.6) is 0 Å². The molecule has 0 fully saturated rings. The largest absolute Gasteiger partial charge is 0.378 e. The van der Waals surface area contributed by atoms with Crippen molar-refractivity contribution in [3.63, 3.8) is 0 Å². The molecule has 0 aromatic heterocycles. The lowest BCUT2D eigenvalue weighted by atomic mass is 10.2. The molecule has 1 amide bonds. The van der Waals surface area contributed by atoms with Crippen molar-refractivity contribution < 1.29 is 4.79 Å². The summed E-state index contributed by atoms with van der Waals surface area (Å²) in [6, 6.07) is 15.4. The fourth-order valence-corrected chi connectivity index (χ4v) is 2.41. The van der Waals surface area contributed by atoms with Crippen LogP contribution in [-0.2, 0) is 0 Å². The molecule has 3 nitrogen and oxygen atoms in total. The molecule has 2 rings (SSSR count). The second-order valence-corrected chi connectivity index (χ2v) is 5.44. The van der Waals surface area contributed by atoms with Gasteiger partial charge in [-0.05, 0) is 42.7 Å². The maximum Gasteiger partial charge on any atom is 0.255 e. The minimum Gasteiger partial charge on any atom is -0.378 e. The van der Waals surface area contributed by atoms with E-state index in [1.807, 2.05) is 73.8 Å². The third kappa shape index (κ3) is 3.33. The number of para-hydroxylation sites is 1. The van der Waals surface area contributed by atoms with Crippen LogP contribution in [0.2, 0.25) is 0 Å². The second kappa shape index (κ2) is 6.48. The first kappa shape index (κ1) is 14.5. The van der Waals surface area contributed by atoms with Crippen LogP contribution in [0.3, 0.4) is 0 Å². The van der Waals surface area contributed by atoms with E-state index in [1.165, 1.54) is 0 Å². The van der Waals surface area contributed by atoms with Crippen LogP contribution in [-0.4, -0.2) is 26.3 Å². The van der Waals surface area contributed by atoms with E-state index in [0.29, 0.717) is 5.56 Å². The summed E-state index contributed by atoms with van der Waals surface area (Å²) in [7, 11) is 3.95. The molecular weight excluding hydrogens is 268 g/mol. The molecule has 104 valence electrons. The average Bonchev–Trinajstić information content (AvgIpc) is 2.48. The van der Waals surface area contributed by atoms with Gasteiger partial charge < -0.3 is 10.2 Å². The summed E-state index contributed by atoms with van der Waals surface area (Å²) >= 11 is 1.62. The highest BCUT2D eigenvalue weighted by Gasteiger charge is 2.08. The molecule has 0 saturated heterocycles. The summed E-state index contributed by atoms with van der Waals surface area (Å²) < 4.78 is 0. The molecule has 4 heteroatoms. The Morgan fingerprint density at radius 3 is 2.30 bits per heavy atom. The second-order valence-electron chi connectivity index (χ2n) is 4.60. The van der Waals surface area contributed by atoms with Gasteiger partial charge in [-0.3, -0.25) is 4.79 Å². The van der Waals surface area contributed by atoms with Gasteiger partial charge in [-0.15, -0.1) is 11.8 Å². The number of hydrogen-bond acceptors (Lipinski definition) is 3. The minimum atomic E-state index is -0.0863. The number of thioether (sulfide) groups is 1. The Bertz CT molecular complexity index is 594. The normalized spacial score (nSPS) is 10.2. The standard InChI is InChI=1S/C16H18N2OS/c1-18(2)13-10-8-12(9-11-13)16(19)17-14-6-4-5-7-15(14)20-3/h4-11H,1-3H3,(H,17,19). The van der Waals surface area contributed by atoms with Crippen LogP contribution in [0.15, 0.2) is 53.4 Å². The highest BCUT2D eigenvalue weighted by Crippen LogP contribution is 2.25. The van der Waals surface area contributed by atoms with Crippen LogP contribution in [0.4, 0.5) is 11.4 Å². The number of amides is 1. The van der Waals surface area contributed by atoms with Gasteiger partial charge in [-0.25, -0.2) is 0 Å². The van der Waals surface area contributed by atoms with Gasteiger partial charge in [0.05, 0.1) is 5.69 Å². The Morgan fingerprint density at radius 2 is 1.70 bits per heavy atom. The van der Waals surface area contributed by atoms with Crippen LogP contribution in [0, 0.1) is 0 Å². The maximum atomic E-state index is 12.2. The van der Waals surface area contributed by atoms with Crippen LogP contribution >= 0.6 is 11.8 Å². The van der Waals surface area contributed by atoms with Crippen LogP contribution in [0.25, 0.3) is 0 Å². The molecule has 0 atom stereocenters. The smallest absolute Gasteiger partial charge is 0.255 e. The van der Waals surface area contributed by atoms with Crippen LogP contribution in [0.1, 0.15) is 10.4 Å². The van der Waals surface area contributed by atoms with E-state index in [1.54, 1.807) is 11.8 Å². The van der Waals surface area contributed by atoms with Gasteiger partial charge in [0.1, 0.15) is 0 Å². The van der Waals surface area contributed by atoms with Gasteiger partial charge in [0.15, 0.2) is 0 Å². The SMILES string of the molecule is CSc1ccccc1NC(=O)c1ccc(N(C)C)cc1. The van der Waals surface area contributed by atoms with E-state index in [9.17, 15) is 4.79 Å². The van der Waals surface area contributed by atoms with Gasteiger partial charge >= 0.3 is 0 Å². The van der Waals surface area contributed by atoms with Crippen molar-refractivity contribution in [1.29, 1.82) is 0 Å². The Balaban J connectivity index is 2.15. The molecule has 0 unspecified atom stereocenters. The number of carbonyl (C=O) groups is 1. The van der Waals surface area contributed by atoms with E-state index in [-0.39, 0.29) is 5.91 Å². The van der Waals surface area contributed by atoms with Crippen molar-refractivity contribution >= 4 is 29.0 Å². The number of carbonyl (C=O) groups excluding carboxylic acids is 1. The Kier molecular flexibility index (Phi) is 4.69. The van der Waals surface area contributed by atoms with Crippen molar-refractivity contribution in [2.24, 2.45) is 0 Å². The molecular formula is C16H18N2OS. The predicted octanol–water partition coefficient (Wildman–Crippen LogP) is 3.73. The molecule has 0 radical (unpaired) electrons. The van der Waals surface area contributed by atoms with Crippen molar-refractivity contribution in [2.45, 2.75) is 4.90 Å². The van der Waals surface area contributed by atoms with Crippen molar-refractivity contribution in [3.8, 4) is 0 Å². The number of rotatable bonds is 4. The van der Waals surface area contributed by atoms with E-state index >= 15 is 0 Å². The number of nitrogens with one attached hydrogen (secondary N) is 1. The molecule has 0 spiro atoms. The van der Waals surface area contributed by atoms with E-state index < -0.39 is 0 Å². The first-order chi connectivity index (χ1) is 9.61. The average molecular weight is 286 g/mol.